The molecule has 22 heavy (non-hydrogen) atoms. The fraction of sp³-hybridized carbons (Fsp3) is 0.353. The second-order valence-corrected chi connectivity index (χ2v) is 5.40. The summed E-state index contributed by atoms with van der Waals surface area (Å²) in [5.74, 6) is -0.0814. The van der Waals surface area contributed by atoms with Crippen LogP contribution in [0.4, 0.5) is 10.1 Å². The van der Waals surface area contributed by atoms with E-state index in [1.54, 1.807) is 12.3 Å². The van der Waals surface area contributed by atoms with Gasteiger partial charge in [-0.25, -0.2) is 4.39 Å². The standard InChI is InChI=1S/C17H22FN3O/c1-12(13-5-6-17(22-4)15(18)9-13)20-11-14-10-19-8-7-16(14)21(2)3/h5-10,12,20H,11H2,1-4H3. The lowest BCUT2D eigenvalue weighted by Crippen LogP contribution is -2.20. The molecule has 0 spiro atoms. The number of halogens is 1. The van der Waals surface area contributed by atoms with Crippen LogP contribution in [0.25, 0.3) is 0 Å². The number of nitrogens with one attached hydrogen (secondary N) is 1. The van der Waals surface area contributed by atoms with E-state index in [1.807, 2.05) is 39.3 Å². The van der Waals surface area contributed by atoms with Crippen molar-refractivity contribution in [3.8, 4) is 5.75 Å². The summed E-state index contributed by atoms with van der Waals surface area (Å²) in [5.41, 5.74) is 3.11. The fourth-order valence-electron chi connectivity index (χ4n) is 2.33. The Hall–Kier alpha value is -2.14. The minimum Gasteiger partial charge on any atom is -0.494 e. The molecule has 1 aromatic heterocycles. The highest BCUT2D eigenvalue weighted by molar-refractivity contribution is 5.50. The van der Waals surface area contributed by atoms with E-state index in [0.717, 1.165) is 16.8 Å². The zero-order valence-electron chi connectivity index (χ0n) is 13.4. The number of hydrogen-bond acceptors (Lipinski definition) is 4. The predicted molar refractivity (Wildman–Crippen MR) is 86.8 cm³/mol. The van der Waals surface area contributed by atoms with Crippen LogP contribution in [0.2, 0.25) is 0 Å². The van der Waals surface area contributed by atoms with E-state index < -0.39 is 0 Å². The number of aromatic nitrogens is 1. The second kappa shape index (κ2) is 7.22. The molecule has 1 unspecified atom stereocenters. The third kappa shape index (κ3) is 3.74. The molecule has 0 saturated heterocycles. The number of ether oxygens (including phenoxy) is 1. The van der Waals surface area contributed by atoms with E-state index in [-0.39, 0.29) is 17.6 Å². The van der Waals surface area contributed by atoms with Gasteiger partial charge in [0.15, 0.2) is 11.6 Å². The number of hydrogen-bond donors (Lipinski definition) is 1. The van der Waals surface area contributed by atoms with Crippen LogP contribution in [-0.4, -0.2) is 26.2 Å². The monoisotopic (exact) mass is 303 g/mol. The zero-order chi connectivity index (χ0) is 16.1. The lowest BCUT2D eigenvalue weighted by Gasteiger charge is -2.19. The minimum absolute atomic E-state index is 0.0237. The molecule has 1 N–H and O–H groups in total. The maximum atomic E-state index is 13.8. The molecule has 0 fully saturated rings. The van der Waals surface area contributed by atoms with E-state index in [2.05, 4.69) is 15.2 Å². The van der Waals surface area contributed by atoms with Crippen molar-refractivity contribution in [3.63, 3.8) is 0 Å². The summed E-state index contributed by atoms with van der Waals surface area (Å²) in [7, 11) is 5.47. The van der Waals surface area contributed by atoms with E-state index in [1.165, 1.54) is 13.2 Å². The van der Waals surface area contributed by atoms with Crippen LogP contribution in [0.5, 0.6) is 5.75 Å². The van der Waals surface area contributed by atoms with Crippen molar-refractivity contribution in [3.05, 3.63) is 53.6 Å². The topological polar surface area (TPSA) is 37.4 Å². The Bertz CT molecular complexity index is 631. The van der Waals surface area contributed by atoms with Gasteiger partial charge >= 0.3 is 0 Å². The predicted octanol–water partition coefficient (Wildman–Crippen LogP) is 3.15. The summed E-state index contributed by atoms with van der Waals surface area (Å²) in [6.45, 7) is 2.67. The Morgan fingerprint density at radius 2 is 2.09 bits per heavy atom. The number of methoxy groups -OCH3 is 1. The van der Waals surface area contributed by atoms with E-state index in [9.17, 15) is 4.39 Å². The quantitative estimate of drug-likeness (QED) is 0.889. The third-order valence-corrected chi connectivity index (χ3v) is 3.63. The summed E-state index contributed by atoms with van der Waals surface area (Å²) >= 11 is 0. The molecular weight excluding hydrogens is 281 g/mol. The first kappa shape index (κ1) is 16.2. The number of anilines is 1. The molecule has 1 atom stereocenters. The molecule has 0 bridgehead atoms. The van der Waals surface area contributed by atoms with Gasteiger partial charge in [0.1, 0.15) is 0 Å². The van der Waals surface area contributed by atoms with Gasteiger partial charge in [-0.05, 0) is 30.7 Å². The van der Waals surface area contributed by atoms with Crippen LogP contribution < -0.4 is 15.0 Å². The Labute approximate surface area is 130 Å². The largest absolute Gasteiger partial charge is 0.494 e. The van der Waals surface area contributed by atoms with Gasteiger partial charge in [0, 0.05) is 50.3 Å². The van der Waals surface area contributed by atoms with Crippen molar-refractivity contribution in [2.24, 2.45) is 0 Å². The van der Waals surface area contributed by atoms with Gasteiger partial charge in [-0.15, -0.1) is 0 Å². The van der Waals surface area contributed by atoms with Crippen molar-refractivity contribution in [2.75, 3.05) is 26.1 Å². The molecule has 0 amide bonds. The van der Waals surface area contributed by atoms with Crippen LogP contribution >= 0.6 is 0 Å². The van der Waals surface area contributed by atoms with Gasteiger partial charge in [0.2, 0.25) is 0 Å². The van der Waals surface area contributed by atoms with Crippen molar-refractivity contribution < 1.29 is 9.13 Å². The molecule has 0 aliphatic rings. The molecule has 4 nitrogen and oxygen atoms in total. The number of nitrogens with zero attached hydrogens (tertiary/aromatic N) is 2. The lowest BCUT2D eigenvalue weighted by molar-refractivity contribution is 0.385. The maximum Gasteiger partial charge on any atom is 0.165 e. The summed E-state index contributed by atoms with van der Waals surface area (Å²) in [6.07, 6.45) is 3.63. The van der Waals surface area contributed by atoms with Crippen molar-refractivity contribution in [1.29, 1.82) is 0 Å². The zero-order valence-corrected chi connectivity index (χ0v) is 13.4. The van der Waals surface area contributed by atoms with Crippen LogP contribution in [0.15, 0.2) is 36.7 Å². The SMILES string of the molecule is COc1ccc(C(C)NCc2cnccc2N(C)C)cc1F. The first-order chi connectivity index (χ1) is 10.5. The molecule has 1 aromatic carbocycles. The minimum atomic E-state index is -0.344. The molecule has 2 aromatic rings. The van der Waals surface area contributed by atoms with Crippen molar-refractivity contribution >= 4 is 5.69 Å². The smallest absolute Gasteiger partial charge is 0.165 e. The van der Waals surface area contributed by atoms with E-state index in [4.69, 9.17) is 4.74 Å². The first-order valence-electron chi connectivity index (χ1n) is 7.20. The lowest BCUT2D eigenvalue weighted by atomic mass is 10.1. The normalized spacial score (nSPS) is 12.0. The number of pyridine rings is 1. The highest BCUT2D eigenvalue weighted by atomic mass is 19.1. The van der Waals surface area contributed by atoms with Crippen LogP contribution in [-0.2, 0) is 6.54 Å². The first-order valence-corrected chi connectivity index (χ1v) is 7.20. The number of rotatable bonds is 6. The highest BCUT2D eigenvalue weighted by Crippen LogP contribution is 2.23. The molecule has 1 heterocycles. The Morgan fingerprint density at radius 3 is 2.73 bits per heavy atom. The maximum absolute atomic E-state index is 13.8. The summed E-state index contributed by atoms with van der Waals surface area (Å²) in [5, 5.41) is 3.40. The highest BCUT2D eigenvalue weighted by Gasteiger charge is 2.11. The van der Waals surface area contributed by atoms with Crippen molar-refractivity contribution in [2.45, 2.75) is 19.5 Å². The van der Waals surface area contributed by atoms with E-state index in [0.29, 0.717) is 6.54 Å². The Kier molecular flexibility index (Phi) is 5.33. The Morgan fingerprint density at radius 1 is 1.32 bits per heavy atom. The van der Waals surface area contributed by atoms with Gasteiger partial charge < -0.3 is 15.0 Å². The van der Waals surface area contributed by atoms with E-state index >= 15 is 0 Å². The molecule has 0 saturated carbocycles. The van der Waals surface area contributed by atoms with Crippen molar-refractivity contribution in [1.82, 2.24) is 10.3 Å². The molecule has 2 rings (SSSR count). The number of benzene rings is 1. The molecule has 118 valence electrons. The van der Waals surface area contributed by atoms with Gasteiger partial charge in [0.05, 0.1) is 7.11 Å². The fourth-order valence-corrected chi connectivity index (χ4v) is 2.33. The summed E-state index contributed by atoms with van der Waals surface area (Å²) in [4.78, 5) is 6.22. The molecule has 0 radical (unpaired) electrons. The summed E-state index contributed by atoms with van der Waals surface area (Å²) in [6, 6.07) is 7.03. The van der Waals surface area contributed by atoms with Gasteiger partial charge in [-0.3, -0.25) is 4.98 Å². The molecular formula is C17H22FN3O. The van der Waals surface area contributed by atoms with Crippen LogP contribution in [0.3, 0.4) is 0 Å². The molecule has 5 heteroatoms. The average molecular weight is 303 g/mol. The average Bonchev–Trinajstić information content (AvgIpc) is 2.52. The Balaban J connectivity index is 2.07. The third-order valence-electron chi connectivity index (χ3n) is 3.63. The van der Waals surface area contributed by atoms with Gasteiger partial charge in [-0.1, -0.05) is 6.07 Å². The summed E-state index contributed by atoms with van der Waals surface area (Å²) < 4.78 is 18.7. The van der Waals surface area contributed by atoms with Crippen LogP contribution in [0, 0.1) is 5.82 Å². The van der Waals surface area contributed by atoms with Gasteiger partial charge in [-0.2, -0.15) is 0 Å². The molecule has 0 aliphatic heterocycles. The second-order valence-electron chi connectivity index (χ2n) is 5.40. The van der Waals surface area contributed by atoms with Gasteiger partial charge in [0.25, 0.3) is 0 Å². The molecule has 0 aliphatic carbocycles. The van der Waals surface area contributed by atoms with Crippen LogP contribution in [0.1, 0.15) is 24.1 Å².